The van der Waals surface area contributed by atoms with Gasteiger partial charge in [-0.3, -0.25) is 9.79 Å². The van der Waals surface area contributed by atoms with E-state index in [1.54, 1.807) is 19.0 Å². The molecule has 0 heterocycles. The van der Waals surface area contributed by atoms with Crippen LogP contribution in [0.15, 0.2) is 4.99 Å². The summed E-state index contributed by atoms with van der Waals surface area (Å²) in [4.78, 5) is 17.7. The third kappa shape index (κ3) is 8.25. The normalized spacial score (nSPS) is 15.9. The van der Waals surface area contributed by atoms with E-state index in [1.807, 2.05) is 0 Å². The molecule has 1 aliphatic rings. The van der Waals surface area contributed by atoms with Gasteiger partial charge in [-0.25, -0.2) is 0 Å². The Kier molecular flexibility index (Phi) is 9.67. The number of nitrogens with one attached hydrogen (secondary N) is 2. The fourth-order valence-corrected chi connectivity index (χ4v) is 2.89. The van der Waals surface area contributed by atoms with Crippen molar-refractivity contribution in [2.24, 2.45) is 10.9 Å². The van der Waals surface area contributed by atoms with Crippen molar-refractivity contribution >= 4 is 11.9 Å². The van der Waals surface area contributed by atoms with Gasteiger partial charge in [0, 0.05) is 40.2 Å². The topological polar surface area (TPSA) is 56.7 Å². The number of hydrogen-bond donors (Lipinski definition) is 2. The molecule has 0 aromatic rings. The molecule has 0 aromatic carbocycles. The number of hydrogen-bond acceptors (Lipinski definition) is 2. The summed E-state index contributed by atoms with van der Waals surface area (Å²) in [6.45, 7) is 4.40. The molecule has 2 N–H and O–H groups in total. The maximum atomic E-state index is 11.5. The van der Waals surface area contributed by atoms with Gasteiger partial charge in [0.25, 0.3) is 0 Å². The standard InChI is InChI=1S/C17H34N4O/c1-4-18-17(20-14-12-16(22)21(2)3)19-13-8-7-11-15-9-5-6-10-15/h15H,4-14H2,1-3H3,(H2,18,19,20). The lowest BCUT2D eigenvalue weighted by Gasteiger charge is -2.13. The van der Waals surface area contributed by atoms with Crippen molar-refractivity contribution in [1.29, 1.82) is 0 Å². The van der Waals surface area contributed by atoms with Gasteiger partial charge < -0.3 is 15.5 Å². The zero-order valence-electron chi connectivity index (χ0n) is 14.7. The van der Waals surface area contributed by atoms with E-state index in [9.17, 15) is 4.79 Å². The summed E-state index contributed by atoms with van der Waals surface area (Å²) < 4.78 is 0. The van der Waals surface area contributed by atoms with Crippen LogP contribution in [0.1, 0.15) is 58.3 Å². The van der Waals surface area contributed by atoms with E-state index in [0.717, 1.165) is 31.4 Å². The van der Waals surface area contributed by atoms with Crippen molar-refractivity contribution in [1.82, 2.24) is 15.5 Å². The molecule has 22 heavy (non-hydrogen) atoms. The highest BCUT2D eigenvalue weighted by molar-refractivity contribution is 5.81. The summed E-state index contributed by atoms with van der Waals surface area (Å²) in [5, 5.41) is 6.46. The van der Waals surface area contributed by atoms with E-state index < -0.39 is 0 Å². The summed E-state index contributed by atoms with van der Waals surface area (Å²) in [5.74, 6) is 1.95. The van der Waals surface area contributed by atoms with Crippen molar-refractivity contribution in [2.45, 2.75) is 58.3 Å². The molecule has 1 fully saturated rings. The number of carbonyl (C=O) groups is 1. The molecule has 5 heteroatoms. The van der Waals surface area contributed by atoms with Crippen LogP contribution in [0.4, 0.5) is 0 Å². The summed E-state index contributed by atoms with van der Waals surface area (Å²) in [6, 6.07) is 0. The average Bonchev–Trinajstić information content (AvgIpc) is 2.99. The number of carbonyl (C=O) groups excluding carboxylic acids is 1. The molecule has 0 bridgehead atoms. The van der Waals surface area contributed by atoms with E-state index in [-0.39, 0.29) is 5.91 Å². The molecule has 0 aliphatic heterocycles. The van der Waals surface area contributed by atoms with Crippen molar-refractivity contribution in [3.8, 4) is 0 Å². The zero-order chi connectivity index (χ0) is 16.2. The fourth-order valence-electron chi connectivity index (χ4n) is 2.89. The summed E-state index contributed by atoms with van der Waals surface area (Å²) in [6.07, 6.45) is 10.1. The molecule has 1 aliphatic carbocycles. The van der Waals surface area contributed by atoms with E-state index in [4.69, 9.17) is 0 Å². The average molecular weight is 310 g/mol. The van der Waals surface area contributed by atoms with Gasteiger partial charge in [-0.15, -0.1) is 0 Å². The molecule has 0 unspecified atom stereocenters. The van der Waals surface area contributed by atoms with E-state index in [2.05, 4.69) is 22.5 Å². The van der Waals surface area contributed by atoms with Gasteiger partial charge in [-0.2, -0.15) is 0 Å². The number of amides is 1. The van der Waals surface area contributed by atoms with Gasteiger partial charge in [0.15, 0.2) is 5.96 Å². The Morgan fingerprint density at radius 3 is 2.55 bits per heavy atom. The largest absolute Gasteiger partial charge is 0.357 e. The molecule has 0 aromatic heterocycles. The van der Waals surface area contributed by atoms with Crippen LogP contribution in [0.3, 0.4) is 0 Å². The third-order valence-corrected chi connectivity index (χ3v) is 4.24. The first-order valence-electron chi connectivity index (χ1n) is 8.85. The smallest absolute Gasteiger partial charge is 0.223 e. The lowest BCUT2D eigenvalue weighted by Crippen LogP contribution is -2.39. The van der Waals surface area contributed by atoms with Crippen LogP contribution in [0.2, 0.25) is 0 Å². The van der Waals surface area contributed by atoms with Crippen molar-refractivity contribution < 1.29 is 4.79 Å². The van der Waals surface area contributed by atoms with Gasteiger partial charge in [-0.05, 0) is 19.3 Å². The number of aliphatic imine (C=N–C) groups is 1. The number of unbranched alkanes of at least 4 members (excludes halogenated alkanes) is 1. The van der Waals surface area contributed by atoms with Crippen LogP contribution in [0.5, 0.6) is 0 Å². The monoisotopic (exact) mass is 310 g/mol. The van der Waals surface area contributed by atoms with Gasteiger partial charge in [0.2, 0.25) is 5.91 Å². The Balaban J connectivity index is 2.15. The molecule has 0 atom stereocenters. The Bertz CT molecular complexity index is 336. The van der Waals surface area contributed by atoms with Crippen LogP contribution < -0.4 is 10.6 Å². The molecule has 1 amide bonds. The second kappa shape index (κ2) is 11.3. The van der Waals surface area contributed by atoms with Gasteiger partial charge in [-0.1, -0.05) is 38.5 Å². The molecule has 0 spiro atoms. The fraction of sp³-hybridized carbons (Fsp3) is 0.882. The van der Waals surface area contributed by atoms with Gasteiger partial charge >= 0.3 is 0 Å². The number of rotatable bonds is 9. The Morgan fingerprint density at radius 2 is 1.91 bits per heavy atom. The van der Waals surface area contributed by atoms with Crippen molar-refractivity contribution in [3.05, 3.63) is 0 Å². The maximum absolute atomic E-state index is 11.5. The van der Waals surface area contributed by atoms with Crippen LogP contribution >= 0.6 is 0 Å². The number of guanidine groups is 1. The van der Waals surface area contributed by atoms with Crippen LogP contribution in [-0.4, -0.2) is 50.5 Å². The van der Waals surface area contributed by atoms with Crippen LogP contribution in [0, 0.1) is 5.92 Å². The quantitative estimate of drug-likeness (QED) is 0.390. The highest BCUT2D eigenvalue weighted by atomic mass is 16.2. The maximum Gasteiger partial charge on any atom is 0.223 e. The van der Waals surface area contributed by atoms with E-state index >= 15 is 0 Å². The summed E-state index contributed by atoms with van der Waals surface area (Å²) in [7, 11) is 3.57. The van der Waals surface area contributed by atoms with Gasteiger partial charge in [0.05, 0.1) is 0 Å². The molecular formula is C17H34N4O. The lowest BCUT2D eigenvalue weighted by atomic mass is 10.0. The Hall–Kier alpha value is -1.26. The van der Waals surface area contributed by atoms with E-state index in [1.165, 1.54) is 38.5 Å². The van der Waals surface area contributed by atoms with Crippen LogP contribution in [-0.2, 0) is 4.79 Å². The highest BCUT2D eigenvalue weighted by Gasteiger charge is 2.13. The summed E-state index contributed by atoms with van der Waals surface area (Å²) in [5.41, 5.74) is 0. The molecule has 128 valence electrons. The van der Waals surface area contributed by atoms with Crippen LogP contribution in [0.25, 0.3) is 0 Å². The molecule has 1 rings (SSSR count). The molecule has 5 nitrogen and oxygen atoms in total. The second-order valence-electron chi connectivity index (χ2n) is 6.37. The Morgan fingerprint density at radius 1 is 1.18 bits per heavy atom. The second-order valence-corrected chi connectivity index (χ2v) is 6.37. The van der Waals surface area contributed by atoms with Gasteiger partial charge in [0.1, 0.15) is 0 Å². The molecule has 0 radical (unpaired) electrons. The minimum Gasteiger partial charge on any atom is -0.357 e. The lowest BCUT2D eigenvalue weighted by molar-refractivity contribution is -0.128. The van der Waals surface area contributed by atoms with Crippen molar-refractivity contribution in [2.75, 3.05) is 33.7 Å². The Labute approximate surface area is 135 Å². The summed E-state index contributed by atoms with van der Waals surface area (Å²) >= 11 is 0. The predicted molar refractivity (Wildman–Crippen MR) is 93.1 cm³/mol. The number of nitrogens with zero attached hydrogens (tertiary/aromatic N) is 2. The minimum absolute atomic E-state index is 0.139. The predicted octanol–water partition coefficient (Wildman–Crippen LogP) is 2.38. The van der Waals surface area contributed by atoms with Crippen molar-refractivity contribution in [3.63, 3.8) is 0 Å². The van der Waals surface area contributed by atoms with E-state index in [0.29, 0.717) is 13.0 Å². The first-order chi connectivity index (χ1) is 10.6. The minimum atomic E-state index is 0.139. The zero-order valence-corrected chi connectivity index (χ0v) is 14.7. The third-order valence-electron chi connectivity index (χ3n) is 4.24. The SMILES string of the molecule is CCNC(=NCCCCC1CCCC1)NCCC(=O)N(C)C. The first-order valence-corrected chi connectivity index (χ1v) is 8.85. The molecular weight excluding hydrogens is 276 g/mol. The molecule has 1 saturated carbocycles. The highest BCUT2D eigenvalue weighted by Crippen LogP contribution is 2.28. The molecule has 0 saturated heterocycles. The first kappa shape index (κ1) is 18.8.